The zero-order valence-electron chi connectivity index (χ0n) is 16.0. The number of piperidine rings is 1. The van der Waals surface area contributed by atoms with Crippen LogP contribution in [0.4, 0.5) is 0 Å². The summed E-state index contributed by atoms with van der Waals surface area (Å²) in [4.78, 5) is 11.9. The van der Waals surface area contributed by atoms with Crippen LogP contribution in [0.5, 0.6) is 0 Å². The average molecular weight is 499 g/mol. The van der Waals surface area contributed by atoms with Gasteiger partial charge in [-0.3, -0.25) is 0 Å². The van der Waals surface area contributed by atoms with E-state index < -0.39 is 0 Å². The molecule has 0 bridgehead atoms. The van der Waals surface area contributed by atoms with Crippen molar-refractivity contribution in [1.29, 1.82) is 0 Å². The normalized spacial score (nSPS) is 15.2. The summed E-state index contributed by atoms with van der Waals surface area (Å²) in [7, 11) is 0. The summed E-state index contributed by atoms with van der Waals surface area (Å²) in [5.74, 6) is 0.874. The lowest BCUT2D eigenvalue weighted by Crippen LogP contribution is -2.42. The predicted molar refractivity (Wildman–Crippen MR) is 126 cm³/mol. The van der Waals surface area contributed by atoms with Crippen LogP contribution in [0.2, 0.25) is 0 Å². The number of nitrogens with zero attached hydrogens (tertiary/aromatic N) is 3. The highest BCUT2D eigenvalue weighted by Gasteiger charge is 2.09. The third-order valence-electron chi connectivity index (χ3n) is 4.49. The van der Waals surface area contributed by atoms with Crippen molar-refractivity contribution in [3.05, 3.63) is 41.4 Å². The van der Waals surface area contributed by atoms with E-state index >= 15 is 0 Å². The highest BCUT2D eigenvalue weighted by molar-refractivity contribution is 14.0. The minimum atomic E-state index is 0. The number of likely N-dealkylation sites (tertiary alicyclic amines) is 1. The summed E-state index contributed by atoms with van der Waals surface area (Å²) >= 11 is 1.68. The summed E-state index contributed by atoms with van der Waals surface area (Å²) in [6.45, 7) is 8.03. The second-order valence-electron chi connectivity index (χ2n) is 6.53. The third kappa shape index (κ3) is 7.38. The molecule has 2 heterocycles. The molecular weight excluding hydrogens is 469 g/mol. The van der Waals surface area contributed by atoms with Crippen molar-refractivity contribution in [3.8, 4) is 10.6 Å². The van der Waals surface area contributed by atoms with Gasteiger partial charge in [0, 0.05) is 30.6 Å². The van der Waals surface area contributed by atoms with Gasteiger partial charge < -0.3 is 15.5 Å². The van der Waals surface area contributed by atoms with Crippen LogP contribution in [-0.4, -0.2) is 48.6 Å². The molecule has 2 aromatic rings. The second kappa shape index (κ2) is 12.3. The Kier molecular flexibility index (Phi) is 10.1. The molecular formula is C20H30IN5S. The van der Waals surface area contributed by atoms with Gasteiger partial charge in [-0.15, -0.1) is 35.3 Å². The van der Waals surface area contributed by atoms with Crippen molar-refractivity contribution < 1.29 is 0 Å². The molecule has 5 nitrogen and oxygen atoms in total. The Morgan fingerprint density at radius 1 is 1.15 bits per heavy atom. The quantitative estimate of drug-likeness (QED) is 0.344. The maximum atomic E-state index is 4.71. The molecule has 1 aromatic heterocycles. The molecule has 1 aliphatic heterocycles. The molecule has 1 aliphatic rings. The number of benzene rings is 1. The first kappa shape index (κ1) is 22.1. The molecule has 3 rings (SSSR count). The monoisotopic (exact) mass is 499 g/mol. The Bertz CT molecular complexity index is 683. The van der Waals surface area contributed by atoms with Crippen molar-refractivity contribution in [2.24, 2.45) is 4.99 Å². The number of guanidine groups is 1. The van der Waals surface area contributed by atoms with Crippen molar-refractivity contribution in [3.63, 3.8) is 0 Å². The SMILES string of the molecule is CCNC(=NCc1csc(-c2ccccc2)n1)NCCN1CCCCC1.I. The van der Waals surface area contributed by atoms with Crippen LogP contribution < -0.4 is 10.6 Å². The number of hydrogen-bond donors (Lipinski definition) is 2. The summed E-state index contributed by atoms with van der Waals surface area (Å²) in [6, 6.07) is 10.3. The van der Waals surface area contributed by atoms with Gasteiger partial charge in [0.05, 0.1) is 12.2 Å². The number of aliphatic imine (C=N–C) groups is 1. The Hall–Kier alpha value is -1.19. The molecule has 148 valence electrons. The number of thiazole rings is 1. The van der Waals surface area contributed by atoms with Crippen LogP contribution >= 0.6 is 35.3 Å². The molecule has 1 saturated heterocycles. The van der Waals surface area contributed by atoms with Gasteiger partial charge in [-0.2, -0.15) is 0 Å². The van der Waals surface area contributed by atoms with Crippen LogP contribution in [0.25, 0.3) is 10.6 Å². The largest absolute Gasteiger partial charge is 0.357 e. The fourth-order valence-electron chi connectivity index (χ4n) is 3.11. The highest BCUT2D eigenvalue weighted by atomic mass is 127. The van der Waals surface area contributed by atoms with E-state index in [1.54, 1.807) is 11.3 Å². The minimum absolute atomic E-state index is 0. The lowest BCUT2D eigenvalue weighted by atomic mass is 10.1. The number of hydrogen-bond acceptors (Lipinski definition) is 4. The van der Waals surface area contributed by atoms with Crippen LogP contribution in [0, 0.1) is 0 Å². The van der Waals surface area contributed by atoms with E-state index in [0.717, 1.165) is 36.3 Å². The van der Waals surface area contributed by atoms with E-state index in [4.69, 9.17) is 9.98 Å². The van der Waals surface area contributed by atoms with Crippen molar-refractivity contribution in [2.45, 2.75) is 32.7 Å². The Morgan fingerprint density at radius 2 is 1.93 bits per heavy atom. The molecule has 1 aromatic carbocycles. The first-order valence-corrected chi connectivity index (χ1v) is 10.5. The first-order valence-electron chi connectivity index (χ1n) is 9.59. The summed E-state index contributed by atoms with van der Waals surface area (Å²) in [5, 5.41) is 9.93. The molecule has 0 saturated carbocycles. The minimum Gasteiger partial charge on any atom is -0.357 e. The zero-order valence-corrected chi connectivity index (χ0v) is 19.1. The Balaban J connectivity index is 0.00000261. The maximum Gasteiger partial charge on any atom is 0.191 e. The maximum absolute atomic E-state index is 4.71. The van der Waals surface area contributed by atoms with E-state index in [1.807, 2.05) is 18.2 Å². The molecule has 1 fully saturated rings. The van der Waals surface area contributed by atoms with E-state index in [2.05, 4.69) is 40.0 Å². The van der Waals surface area contributed by atoms with Crippen LogP contribution in [-0.2, 0) is 6.54 Å². The van der Waals surface area contributed by atoms with E-state index in [1.165, 1.54) is 37.9 Å². The van der Waals surface area contributed by atoms with Crippen LogP contribution in [0.3, 0.4) is 0 Å². The van der Waals surface area contributed by atoms with Crippen LogP contribution in [0.1, 0.15) is 31.9 Å². The molecule has 0 atom stereocenters. The molecule has 0 amide bonds. The van der Waals surface area contributed by atoms with Gasteiger partial charge >= 0.3 is 0 Å². The Morgan fingerprint density at radius 3 is 2.67 bits per heavy atom. The van der Waals surface area contributed by atoms with E-state index in [0.29, 0.717) is 6.54 Å². The molecule has 7 heteroatoms. The van der Waals surface area contributed by atoms with Gasteiger partial charge in [0.25, 0.3) is 0 Å². The fourth-order valence-corrected chi connectivity index (χ4v) is 3.93. The number of rotatable bonds is 7. The Labute approximate surface area is 183 Å². The average Bonchev–Trinajstić information content (AvgIpc) is 3.17. The van der Waals surface area contributed by atoms with Gasteiger partial charge in [-0.25, -0.2) is 9.98 Å². The molecule has 0 spiro atoms. The van der Waals surface area contributed by atoms with Gasteiger partial charge in [0.15, 0.2) is 5.96 Å². The summed E-state index contributed by atoms with van der Waals surface area (Å²) in [6.07, 6.45) is 4.05. The number of aromatic nitrogens is 1. The van der Waals surface area contributed by atoms with Gasteiger partial charge in [-0.1, -0.05) is 36.8 Å². The van der Waals surface area contributed by atoms with Crippen molar-refractivity contribution >= 4 is 41.3 Å². The molecule has 2 N–H and O–H groups in total. The van der Waals surface area contributed by atoms with Crippen LogP contribution in [0.15, 0.2) is 40.7 Å². The molecule has 0 unspecified atom stereocenters. The number of halogens is 1. The lowest BCUT2D eigenvalue weighted by Gasteiger charge is -2.26. The predicted octanol–water partition coefficient (Wildman–Crippen LogP) is 3.97. The molecule has 0 radical (unpaired) electrons. The smallest absolute Gasteiger partial charge is 0.191 e. The topological polar surface area (TPSA) is 52.6 Å². The van der Waals surface area contributed by atoms with Gasteiger partial charge in [0.1, 0.15) is 5.01 Å². The van der Waals surface area contributed by atoms with Crippen molar-refractivity contribution in [2.75, 3.05) is 32.7 Å². The lowest BCUT2D eigenvalue weighted by molar-refractivity contribution is 0.232. The second-order valence-corrected chi connectivity index (χ2v) is 7.39. The number of nitrogens with one attached hydrogen (secondary N) is 2. The third-order valence-corrected chi connectivity index (χ3v) is 5.43. The van der Waals surface area contributed by atoms with Gasteiger partial charge in [0.2, 0.25) is 0 Å². The highest BCUT2D eigenvalue weighted by Crippen LogP contribution is 2.23. The molecule has 27 heavy (non-hydrogen) atoms. The van der Waals surface area contributed by atoms with E-state index in [9.17, 15) is 0 Å². The summed E-state index contributed by atoms with van der Waals surface area (Å²) in [5.41, 5.74) is 2.18. The zero-order chi connectivity index (χ0) is 18.0. The van der Waals surface area contributed by atoms with E-state index in [-0.39, 0.29) is 24.0 Å². The summed E-state index contributed by atoms with van der Waals surface area (Å²) < 4.78 is 0. The van der Waals surface area contributed by atoms with Crippen molar-refractivity contribution in [1.82, 2.24) is 20.5 Å². The standard InChI is InChI=1S/C20H29N5S.HI/c1-2-21-20(22-11-14-25-12-7-4-8-13-25)23-15-18-16-26-19(24-18)17-9-5-3-6-10-17;/h3,5-6,9-10,16H,2,4,7-8,11-15H2,1H3,(H2,21,22,23);1H. The first-order chi connectivity index (χ1) is 12.8. The fraction of sp³-hybridized carbons (Fsp3) is 0.500. The van der Waals surface area contributed by atoms with Gasteiger partial charge in [-0.05, 0) is 32.9 Å². The molecule has 0 aliphatic carbocycles.